The van der Waals surface area contributed by atoms with E-state index in [2.05, 4.69) is 26.0 Å². The number of allylic oxidation sites excluding steroid dienone is 2. The van der Waals surface area contributed by atoms with Crippen molar-refractivity contribution in [3.05, 3.63) is 12.2 Å². The van der Waals surface area contributed by atoms with Crippen LogP contribution in [0.25, 0.3) is 0 Å². The number of ketones is 2. The van der Waals surface area contributed by atoms with Crippen LogP contribution < -0.4 is 0 Å². The molecule has 26 heavy (non-hydrogen) atoms. The maximum Gasteiger partial charge on any atom is 0.133 e. The fraction of sp³-hybridized carbons (Fsp3) is 0.833. The third-order valence-electron chi connectivity index (χ3n) is 6.77. The average Bonchev–Trinajstić information content (AvgIpc) is 2.90. The molecule has 2 rings (SSSR count). The van der Waals surface area contributed by atoms with Gasteiger partial charge in [-0.2, -0.15) is 0 Å². The van der Waals surface area contributed by atoms with E-state index >= 15 is 0 Å². The molecule has 4 atom stereocenters. The molecule has 0 spiro atoms. The molecule has 2 aliphatic carbocycles. The Labute approximate surface area is 161 Å². The molecular weight excluding hydrogens is 320 g/mol. The molecule has 1 saturated carbocycles. The second-order valence-electron chi connectivity index (χ2n) is 8.88. The van der Waals surface area contributed by atoms with Gasteiger partial charge in [0, 0.05) is 25.7 Å². The Kier molecular flexibility index (Phi) is 9.64. The molecule has 0 aromatic carbocycles. The monoisotopic (exact) mass is 360 g/mol. The minimum Gasteiger partial charge on any atom is -0.300 e. The van der Waals surface area contributed by atoms with Crippen molar-refractivity contribution in [1.82, 2.24) is 0 Å². The third kappa shape index (κ3) is 7.00. The van der Waals surface area contributed by atoms with Crippen LogP contribution in [0.3, 0.4) is 0 Å². The molecule has 0 aliphatic heterocycles. The van der Waals surface area contributed by atoms with E-state index in [1.54, 1.807) is 0 Å². The first-order valence-corrected chi connectivity index (χ1v) is 11.3. The van der Waals surface area contributed by atoms with Crippen LogP contribution in [0.5, 0.6) is 0 Å². The van der Waals surface area contributed by atoms with Crippen LogP contribution in [-0.2, 0) is 9.59 Å². The maximum atomic E-state index is 12.3. The van der Waals surface area contributed by atoms with E-state index in [9.17, 15) is 9.59 Å². The Morgan fingerprint density at radius 3 is 2.73 bits per heavy atom. The fourth-order valence-corrected chi connectivity index (χ4v) is 5.26. The van der Waals surface area contributed by atoms with Gasteiger partial charge in [0.25, 0.3) is 0 Å². The van der Waals surface area contributed by atoms with Gasteiger partial charge in [-0.05, 0) is 62.2 Å². The fourth-order valence-electron chi connectivity index (χ4n) is 5.26. The summed E-state index contributed by atoms with van der Waals surface area (Å²) in [5.74, 6) is 3.37. The van der Waals surface area contributed by atoms with Crippen LogP contribution in [0, 0.1) is 23.7 Å². The molecular formula is C24H40O2. The van der Waals surface area contributed by atoms with Crippen LogP contribution in [0.4, 0.5) is 0 Å². The summed E-state index contributed by atoms with van der Waals surface area (Å²) < 4.78 is 0. The van der Waals surface area contributed by atoms with E-state index in [0.717, 1.165) is 57.8 Å². The molecule has 0 unspecified atom stereocenters. The smallest absolute Gasteiger partial charge is 0.133 e. The second kappa shape index (κ2) is 11.7. The summed E-state index contributed by atoms with van der Waals surface area (Å²) in [6.45, 7) is 4.57. The molecule has 0 saturated heterocycles. The van der Waals surface area contributed by atoms with Crippen molar-refractivity contribution in [1.29, 1.82) is 0 Å². The maximum absolute atomic E-state index is 12.3. The summed E-state index contributed by atoms with van der Waals surface area (Å²) in [6, 6.07) is 0. The highest BCUT2D eigenvalue weighted by atomic mass is 16.1. The Morgan fingerprint density at radius 2 is 1.92 bits per heavy atom. The summed E-state index contributed by atoms with van der Waals surface area (Å²) in [7, 11) is 0. The number of carbonyl (C=O) groups excluding carboxylic acids is 2. The quantitative estimate of drug-likeness (QED) is 0.340. The van der Waals surface area contributed by atoms with Gasteiger partial charge in [0.15, 0.2) is 0 Å². The van der Waals surface area contributed by atoms with Crippen molar-refractivity contribution < 1.29 is 9.59 Å². The lowest BCUT2D eigenvalue weighted by Gasteiger charge is -2.25. The summed E-state index contributed by atoms with van der Waals surface area (Å²) >= 11 is 0. The highest BCUT2D eigenvalue weighted by Crippen LogP contribution is 2.47. The van der Waals surface area contributed by atoms with Crippen molar-refractivity contribution in [3.8, 4) is 0 Å². The van der Waals surface area contributed by atoms with Gasteiger partial charge < -0.3 is 0 Å². The van der Waals surface area contributed by atoms with E-state index in [1.165, 1.54) is 32.1 Å². The van der Waals surface area contributed by atoms with E-state index in [-0.39, 0.29) is 0 Å². The van der Waals surface area contributed by atoms with Gasteiger partial charge in [0.2, 0.25) is 0 Å². The molecule has 0 bridgehead atoms. The molecule has 0 aromatic rings. The van der Waals surface area contributed by atoms with Crippen molar-refractivity contribution in [3.63, 3.8) is 0 Å². The van der Waals surface area contributed by atoms with E-state index in [1.807, 2.05) is 0 Å². The van der Waals surface area contributed by atoms with Crippen LogP contribution in [0.15, 0.2) is 12.2 Å². The zero-order valence-electron chi connectivity index (χ0n) is 17.2. The zero-order valence-corrected chi connectivity index (χ0v) is 17.2. The molecule has 2 heteroatoms. The first kappa shape index (κ1) is 21.4. The van der Waals surface area contributed by atoms with Crippen molar-refractivity contribution >= 4 is 11.6 Å². The van der Waals surface area contributed by atoms with Gasteiger partial charge in [-0.1, -0.05) is 51.7 Å². The molecule has 2 nitrogen and oxygen atoms in total. The highest BCUT2D eigenvalue weighted by molar-refractivity contribution is 5.79. The predicted octanol–water partition coefficient (Wildman–Crippen LogP) is 6.67. The van der Waals surface area contributed by atoms with Gasteiger partial charge in [-0.25, -0.2) is 0 Å². The van der Waals surface area contributed by atoms with Crippen molar-refractivity contribution in [2.24, 2.45) is 23.7 Å². The normalized spacial score (nSPS) is 30.8. The molecule has 0 radical (unpaired) electrons. The Hall–Kier alpha value is -0.920. The van der Waals surface area contributed by atoms with Crippen LogP contribution in [0.1, 0.15) is 104 Å². The molecule has 0 N–H and O–H groups in total. The lowest BCUT2D eigenvalue weighted by Crippen LogP contribution is -2.20. The van der Waals surface area contributed by atoms with E-state index in [4.69, 9.17) is 0 Å². The zero-order chi connectivity index (χ0) is 18.8. The molecule has 0 aromatic heterocycles. The summed E-state index contributed by atoms with van der Waals surface area (Å²) in [4.78, 5) is 24.5. The van der Waals surface area contributed by atoms with Crippen molar-refractivity contribution in [2.75, 3.05) is 0 Å². The van der Waals surface area contributed by atoms with Crippen LogP contribution in [0.2, 0.25) is 0 Å². The number of Topliss-reactive ketones (excluding diaryl/α,β-unsaturated/α-hetero) is 2. The number of unbranched alkanes of at least 4 members (excludes halogenated alkanes) is 4. The minimum absolute atomic E-state index is 0.462. The first-order valence-electron chi connectivity index (χ1n) is 11.3. The second-order valence-corrected chi connectivity index (χ2v) is 8.88. The standard InChI is InChI=1S/C24H40O2/c1-3-4-5-6-9-12-21(25)15-16-23-19(2)17-20-18-22(26)13-10-7-8-11-14-24(20)23/h8,11,19-20,23-24H,3-7,9-10,12-18H2,1-2H3/b11-8-/t19-,20-,23+,24+/m1/s1. The predicted molar refractivity (Wildman–Crippen MR) is 109 cm³/mol. The van der Waals surface area contributed by atoms with E-state index in [0.29, 0.717) is 35.2 Å². The molecule has 148 valence electrons. The van der Waals surface area contributed by atoms with Gasteiger partial charge in [-0.3, -0.25) is 9.59 Å². The molecule has 1 fully saturated rings. The SMILES string of the molecule is CCCCCCCC(=O)CC[C@@H]1[C@H]2C/C=C\CCCC(=O)C[C@H]2C[C@H]1C. The number of carbonyl (C=O) groups is 2. The van der Waals surface area contributed by atoms with Gasteiger partial charge in [-0.15, -0.1) is 0 Å². The third-order valence-corrected chi connectivity index (χ3v) is 6.77. The topological polar surface area (TPSA) is 34.1 Å². The Morgan fingerprint density at radius 1 is 1.12 bits per heavy atom. The lowest BCUT2D eigenvalue weighted by atomic mass is 9.79. The molecule has 0 amide bonds. The van der Waals surface area contributed by atoms with E-state index < -0.39 is 0 Å². The summed E-state index contributed by atoms with van der Waals surface area (Å²) in [5, 5.41) is 0. The number of hydrogen-bond donors (Lipinski definition) is 0. The first-order chi connectivity index (χ1) is 12.6. The van der Waals surface area contributed by atoms with Gasteiger partial charge in [0.05, 0.1) is 0 Å². The van der Waals surface area contributed by atoms with Crippen molar-refractivity contribution in [2.45, 2.75) is 104 Å². The Balaban J connectivity index is 1.82. The van der Waals surface area contributed by atoms with Gasteiger partial charge >= 0.3 is 0 Å². The molecule has 2 aliphatic rings. The van der Waals surface area contributed by atoms with Gasteiger partial charge in [0.1, 0.15) is 11.6 Å². The average molecular weight is 361 g/mol. The lowest BCUT2D eigenvalue weighted by molar-refractivity contribution is -0.121. The molecule has 0 heterocycles. The summed E-state index contributed by atoms with van der Waals surface area (Å²) in [5.41, 5.74) is 0. The largest absolute Gasteiger partial charge is 0.300 e. The minimum atomic E-state index is 0.462. The number of rotatable bonds is 9. The Bertz CT molecular complexity index is 465. The van der Waals surface area contributed by atoms with Crippen LogP contribution >= 0.6 is 0 Å². The highest BCUT2D eigenvalue weighted by Gasteiger charge is 2.40. The van der Waals surface area contributed by atoms with Crippen LogP contribution in [-0.4, -0.2) is 11.6 Å². The summed E-state index contributed by atoms with van der Waals surface area (Å²) in [6.07, 6.45) is 19.2. The number of fused-ring (bicyclic) bond motifs is 1. The number of hydrogen-bond acceptors (Lipinski definition) is 2.